The quantitative estimate of drug-likeness (QED) is 0.160. The van der Waals surface area contributed by atoms with Crippen molar-refractivity contribution in [3.05, 3.63) is 12.2 Å². The lowest BCUT2D eigenvalue weighted by Gasteiger charge is -2.16. The Kier molecular flexibility index (Phi) is 17.3. The fraction of sp³-hybridized carbons (Fsp3) is 0.882. The van der Waals surface area contributed by atoms with E-state index in [-0.39, 0.29) is 6.29 Å². The summed E-state index contributed by atoms with van der Waals surface area (Å²) < 4.78 is 11.1. The monoisotopic (exact) mass is 348 g/mol. The molecule has 0 N–H and O–H groups in total. The summed E-state index contributed by atoms with van der Waals surface area (Å²) in [5, 5.41) is 1.08. The van der Waals surface area contributed by atoms with E-state index in [9.17, 15) is 0 Å². The molecule has 0 radical (unpaired) electrons. The van der Waals surface area contributed by atoms with Crippen molar-refractivity contribution >= 4 is 15.9 Å². The highest BCUT2D eigenvalue weighted by molar-refractivity contribution is 9.09. The van der Waals surface area contributed by atoms with Crippen LogP contribution < -0.4 is 0 Å². The molecular formula is C17H33BrO2. The minimum atomic E-state index is 0.0181. The topological polar surface area (TPSA) is 18.5 Å². The van der Waals surface area contributed by atoms with Crippen LogP contribution in [-0.2, 0) is 9.47 Å². The van der Waals surface area contributed by atoms with Crippen molar-refractivity contribution in [2.24, 2.45) is 0 Å². The predicted octanol–water partition coefficient (Wildman–Crippen LogP) is 5.85. The average molecular weight is 349 g/mol. The Balaban J connectivity index is 3.26. The third-order valence-electron chi connectivity index (χ3n) is 3.21. The molecule has 0 aliphatic carbocycles. The van der Waals surface area contributed by atoms with Crippen LogP contribution in [0.1, 0.15) is 71.6 Å². The van der Waals surface area contributed by atoms with Gasteiger partial charge in [-0.05, 0) is 46.0 Å². The largest absolute Gasteiger partial charge is 0.353 e. The molecule has 0 aliphatic rings. The molecular weight excluding hydrogens is 316 g/mol. The molecule has 0 amide bonds. The molecule has 3 heteroatoms. The second-order valence-electron chi connectivity index (χ2n) is 4.99. The van der Waals surface area contributed by atoms with Gasteiger partial charge in [0, 0.05) is 18.5 Å². The maximum atomic E-state index is 5.54. The summed E-state index contributed by atoms with van der Waals surface area (Å²) in [7, 11) is 0. The molecule has 0 fully saturated rings. The number of allylic oxidation sites excluding steroid dienone is 2. The molecule has 0 aromatic carbocycles. The van der Waals surface area contributed by atoms with Gasteiger partial charge in [0.1, 0.15) is 0 Å². The van der Waals surface area contributed by atoms with Crippen molar-refractivity contribution in [1.82, 2.24) is 0 Å². The molecule has 0 atom stereocenters. The molecule has 0 saturated heterocycles. The minimum absolute atomic E-state index is 0.0181. The Morgan fingerprint density at radius 2 is 1.35 bits per heavy atom. The Hall–Kier alpha value is 0.140. The lowest BCUT2D eigenvalue weighted by Crippen LogP contribution is -2.17. The lowest BCUT2D eigenvalue weighted by molar-refractivity contribution is -0.140. The molecule has 20 heavy (non-hydrogen) atoms. The van der Waals surface area contributed by atoms with Gasteiger partial charge in [0.2, 0.25) is 0 Å². The van der Waals surface area contributed by atoms with Gasteiger partial charge >= 0.3 is 0 Å². The number of halogens is 1. The third-order valence-corrected chi connectivity index (χ3v) is 3.67. The van der Waals surface area contributed by atoms with Crippen LogP contribution in [-0.4, -0.2) is 24.8 Å². The van der Waals surface area contributed by atoms with Crippen molar-refractivity contribution in [2.45, 2.75) is 77.9 Å². The molecule has 0 unspecified atom stereocenters. The Bertz CT molecular complexity index is 201. The standard InChI is InChI=1S/C17H33BrO2/c1-3-19-17(20-4-2)15-13-11-9-7-5-6-8-10-12-14-16-18/h10,12,17H,3-9,11,13-16H2,1-2H3/b12-10-. The molecule has 0 heterocycles. The third kappa shape index (κ3) is 14.5. The average Bonchev–Trinajstić information content (AvgIpc) is 2.45. The van der Waals surface area contributed by atoms with Gasteiger partial charge in [-0.25, -0.2) is 0 Å². The molecule has 0 spiro atoms. The lowest BCUT2D eigenvalue weighted by atomic mass is 10.1. The first-order valence-electron chi connectivity index (χ1n) is 8.29. The van der Waals surface area contributed by atoms with E-state index < -0.39 is 0 Å². The number of unbranched alkanes of at least 4 members (excludes halogenated alkanes) is 6. The van der Waals surface area contributed by atoms with E-state index in [1.165, 1.54) is 44.9 Å². The molecule has 0 aromatic heterocycles. The highest BCUT2D eigenvalue weighted by Crippen LogP contribution is 2.12. The van der Waals surface area contributed by atoms with Crippen LogP contribution >= 0.6 is 15.9 Å². The van der Waals surface area contributed by atoms with E-state index in [4.69, 9.17) is 9.47 Å². The number of hydrogen-bond acceptors (Lipinski definition) is 2. The van der Waals surface area contributed by atoms with Gasteiger partial charge in [0.25, 0.3) is 0 Å². The van der Waals surface area contributed by atoms with Crippen molar-refractivity contribution in [1.29, 1.82) is 0 Å². The van der Waals surface area contributed by atoms with Crippen LogP contribution in [0.4, 0.5) is 0 Å². The zero-order chi connectivity index (χ0) is 14.9. The normalized spacial score (nSPS) is 11.8. The van der Waals surface area contributed by atoms with Crippen LogP contribution in [0.2, 0.25) is 0 Å². The number of hydrogen-bond donors (Lipinski definition) is 0. The number of alkyl halides is 1. The van der Waals surface area contributed by atoms with Crippen molar-refractivity contribution < 1.29 is 9.47 Å². The first kappa shape index (κ1) is 20.1. The number of ether oxygens (including phenoxy) is 2. The van der Waals surface area contributed by atoms with E-state index in [2.05, 4.69) is 28.1 Å². The second-order valence-corrected chi connectivity index (χ2v) is 5.78. The molecule has 120 valence electrons. The predicted molar refractivity (Wildman–Crippen MR) is 91.5 cm³/mol. The van der Waals surface area contributed by atoms with Crippen LogP contribution in [0.5, 0.6) is 0 Å². The Labute approximate surface area is 134 Å². The summed E-state index contributed by atoms with van der Waals surface area (Å²) in [5.74, 6) is 0. The van der Waals surface area contributed by atoms with E-state index in [1.54, 1.807) is 0 Å². The van der Waals surface area contributed by atoms with Gasteiger partial charge in [0.15, 0.2) is 6.29 Å². The van der Waals surface area contributed by atoms with Gasteiger partial charge in [-0.15, -0.1) is 0 Å². The van der Waals surface area contributed by atoms with E-state index in [0.29, 0.717) is 0 Å². The van der Waals surface area contributed by atoms with Gasteiger partial charge < -0.3 is 9.47 Å². The smallest absolute Gasteiger partial charge is 0.157 e. The fourth-order valence-electron chi connectivity index (χ4n) is 2.17. The van der Waals surface area contributed by atoms with Crippen LogP contribution in [0.15, 0.2) is 12.2 Å². The Morgan fingerprint density at radius 1 is 0.800 bits per heavy atom. The van der Waals surface area contributed by atoms with Crippen LogP contribution in [0.25, 0.3) is 0 Å². The van der Waals surface area contributed by atoms with E-state index in [0.717, 1.165) is 31.4 Å². The van der Waals surface area contributed by atoms with Crippen molar-refractivity contribution in [2.75, 3.05) is 18.5 Å². The van der Waals surface area contributed by atoms with Crippen molar-refractivity contribution in [3.63, 3.8) is 0 Å². The summed E-state index contributed by atoms with van der Waals surface area (Å²) in [6, 6.07) is 0. The maximum absolute atomic E-state index is 5.54. The summed E-state index contributed by atoms with van der Waals surface area (Å²) >= 11 is 3.43. The van der Waals surface area contributed by atoms with Crippen LogP contribution in [0.3, 0.4) is 0 Å². The first-order valence-corrected chi connectivity index (χ1v) is 9.41. The zero-order valence-corrected chi connectivity index (χ0v) is 15.0. The van der Waals surface area contributed by atoms with Gasteiger partial charge in [-0.2, -0.15) is 0 Å². The fourth-order valence-corrected chi connectivity index (χ4v) is 2.43. The Morgan fingerprint density at radius 3 is 1.95 bits per heavy atom. The molecule has 2 nitrogen and oxygen atoms in total. The van der Waals surface area contributed by atoms with Crippen LogP contribution in [0, 0.1) is 0 Å². The van der Waals surface area contributed by atoms with E-state index in [1.807, 2.05) is 13.8 Å². The second kappa shape index (κ2) is 17.2. The molecule has 0 rings (SSSR count). The molecule has 0 aliphatic heterocycles. The first-order chi connectivity index (χ1) is 9.85. The molecule has 0 bridgehead atoms. The maximum Gasteiger partial charge on any atom is 0.157 e. The zero-order valence-electron chi connectivity index (χ0n) is 13.4. The molecule has 0 aromatic rings. The number of rotatable bonds is 15. The van der Waals surface area contributed by atoms with Crippen molar-refractivity contribution in [3.8, 4) is 0 Å². The summed E-state index contributed by atoms with van der Waals surface area (Å²) in [6.07, 6.45) is 16.0. The van der Waals surface area contributed by atoms with E-state index >= 15 is 0 Å². The summed E-state index contributed by atoms with van der Waals surface area (Å²) in [6.45, 7) is 5.54. The van der Waals surface area contributed by atoms with Gasteiger partial charge in [0.05, 0.1) is 0 Å². The highest BCUT2D eigenvalue weighted by Gasteiger charge is 2.06. The van der Waals surface area contributed by atoms with Gasteiger partial charge in [-0.3, -0.25) is 0 Å². The highest BCUT2D eigenvalue weighted by atomic mass is 79.9. The SMILES string of the molecule is CCOC(CCCCCCCC/C=C\CCBr)OCC. The molecule has 0 saturated carbocycles. The van der Waals surface area contributed by atoms with Gasteiger partial charge in [-0.1, -0.05) is 53.8 Å². The minimum Gasteiger partial charge on any atom is -0.353 e. The summed E-state index contributed by atoms with van der Waals surface area (Å²) in [4.78, 5) is 0. The summed E-state index contributed by atoms with van der Waals surface area (Å²) in [5.41, 5.74) is 0.